The maximum atomic E-state index is 13.2. The highest BCUT2D eigenvalue weighted by Gasteiger charge is 2.55. The lowest BCUT2D eigenvalue weighted by atomic mass is 10.1. The maximum absolute atomic E-state index is 13.2. The van der Waals surface area contributed by atoms with Crippen LogP contribution in [-0.2, 0) is 9.59 Å². The van der Waals surface area contributed by atoms with Crippen LogP contribution in [0.25, 0.3) is 0 Å². The molecule has 0 bridgehead atoms. The van der Waals surface area contributed by atoms with Crippen molar-refractivity contribution in [1.82, 2.24) is 0 Å². The average molecular weight is 380 g/mol. The molecule has 0 saturated carbocycles. The molecule has 0 spiro atoms. The van der Waals surface area contributed by atoms with Gasteiger partial charge in [-0.2, -0.15) is 5.11 Å². The van der Waals surface area contributed by atoms with Crippen molar-refractivity contribution >= 4 is 23.2 Å². The molecule has 8 nitrogen and oxygen atoms in total. The topological polar surface area (TPSA) is 83.8 Å². The molecule has 0 N–H and O–H groups in total. The zero-order valence-corrected chi connectivity index (χ0v) is 16.0. The molecule has 2 aliphatic heterocycles. The minimum atomic E-state index is -0.870. The fourth-order valence-electron chi connectivity index (χ4n) is 3.63. The molecule has 0 radical (unpaired) electrons. The fraction of sp³-hybridized carbons (Fsp3) is 0.300. The van der Waals surface area contributed by atoms with Crippen LogP contribution in [0.3, 0.4) is 0 Å². The van der Waals surface area contributed by atoms with Gasteiger partial charge in [-0.25, -0.2) is 9.91 Å². The van der Waals surface area contributed by atoms with Crippen molar-refractivity contribution < 1.29 is 19.1 Å². The molecule has 144 valence electrons. The summed E-state index contributed by atoms with van der Waals surface area (Å²) in [5.74, 6) is 0.375. The Bertz CT molecular complexity index is 961. The Morgan fingerprint density at radius 1 is 0.821 bits per heavy atom. The highest BCUT2D eigenvalue weighted by atomic mass is 16.5. The number of imide groups is 1. The summed E-state index contributed by atoms with van der Waals surface area (Å²) in [5.41, 5.74) is 3.07. The standard InChI is InChI=1S/C20H20N4O4/c1-11-5-12(2)7-13(6-11)23-19(25)17-18(20(23)26)24(22-21-17)14-8-15(27-3)10-16(9-14)28-4/h5-10,17-18H,1-4H3/t17-,18-/m0/s1. The number of methoxy groups -OCH3 is 2. The summed E-state index contributed by atoms with van der Waals surface area (Å²) in [7, 11) is 3.08. The lowest BCUT2D eigenvalue weighted by molar-refractivity contribution is -0.121. The third-order valence-corrected chi connectivity index (χ3v) is 4.85. The van der Waals surface area contributed by atoms with Crippen LogP contribution in [0.5, 0.6) is 11.5 Å². The second kappa shape index (κ2) is 6.63. The van der Waals surface area contributed by atoms with Crippen molar-refractivity contribution in [2.75, 3.05) is 24.1 Å². The summed E-state index contributed by atoms with van der Waals surface area (Å²) in [6, 6.07) is 9.10. The largest absolute Gasteiger partial charge is 0.497 e. The number of nitrogens with zero attached hydrogens (tertiary/aromatic N) is 4. The smallest absolute Gasteiger partial charge is 0.263 e. The van der Waals surface area contributed by atoms with Gasteiger partial charge in [-0.15, -0.1) is 0 Å². The number of anilines is 2. The van der Waals surface area contributed by atoms with Crippen LogP contribution in [0.1, 0.15) is 11.1 Å². The Hall–Kier alpha value is -3.42. The number of rotatable bonds is 4. The van der Waals surface area contributed by atoms with Crippen LogP contribution in [0.4, 0.5) is 11.4 Å². The van der Waals surface area contributed by atoms with E-state index in [0.29, 0.717) is 22.9 Å². The Labute approximate surface area is 162 Å². The van der Waals surface area contributed by atoms with E-state index in [2.05, 4.69) is 10.3 Å². The minimum Gasteiger partial charge on any atom is -0.497 e. The first-order chi connectivity index (χ1) is 13.4. The summed E-state index contributed by atoms with van der Waals surface area (Å²) in [5, 5.41) is 9.62. The van der Waals surface area contributed by atoms with E-state index in [9.17, 15) is 9.59 Å². The van der Waals surface area contributed by atoms with Crippen LogP contribution in [0.2, 0.25) is 0 Å². The van der Waals surface area contributed by atoms with Gasteiger partial charge in [0, 0.05) is 18.2 Å². The second-order valence-corrected chi connectivity index (χ2v) is 6.87. The first-order valence-corrected chi connectivity index (χ1v) is 8.82. The lowest BCUT2D eigenvalue weighted by Gasteiger charge is -2.22. The number of aryl methyl sites for hydroxylation is 2. The summed E-state index contributed by atoms with van der Waals surface area (Å²) in [6.45, 7) is 3.85. The van der Waals surface area contributed by atoms with E-state index in [0.717, 1.165) is 11.1 Å². The summed E-state index contributed by atoms with van der Waals surface area (Å²) >= 11 is 0. The molecule has 2 aromatic rings. The zero-order valence-electron chi connectivity index (χ0n) is 16.0. The second-order valence-electron chi connectivity index (χ2n) is 6.87. The van der Waals surface area contributed by atoms with Gasteiger partial charge in [0.05, 0.1) is 25.6 Å². The van der Waals surface area contributed by atoms with Gasteiger partial charge in [0.15, 0.2) is 12.1 Å². The summed E-state index contributed by atoms with van der Waals surface area (Å²) in [6.07, 6.45) is 0. The van der Waals surface area contributed by atoms with E-state index in [1.807, 2.05) is 32.0 Å². The van der Waals surface area contributed by atoms with E-state index in [1.54, 1.807) is 32.4 Å². The Morgan fingerprint density at radius 3 is 2.00 bits per heavy atom. The number of carbonyl (C=O) groups is 2. The molecule has 0 unspecified atom stereocenters. The van der Waals surface area contributed by atoms with Crippen LogP contribution < -0.4 is 19.4 Å². The summed E-state index contributed by atoms with van der Waals surface area (Å²) < 4.78 is 10.6. The number of benzene rings is 2. The van der Waals surface area contributed by atoms with Gasteiger partial charge in [0.2, 0.25) is 0 Å². The van der Waals surface area contributed by atoms with E-state index in [-0.39, 0.29) is 11.8 Å². The van der Waals surface area contributed by atoms with Crippen molar-refractivity contribution in [3.8, 4) is 11.5 Å². The monoisotopic (exact) mass is 380 g/mol. The number of ether oxygens (including phenoxy) is 2. The van der Waals surface area contributed by atoms with Crippen molar-refractivity contribution in [2.24, 2.45) is 10.3 Å². The first kappa shape index (κ1) is 18.0. The van der Waals surface area contributed by atoms with Crippen LogP contribution in [0, 0.1) is 13.8 Å². The molecule has 28 heavy (non-hydrogen) atoms. The van der Waals surface area contributed by atoms with Gasteiger partial charge in [0.1, 0.15) is 11.5 Å². The van der Waals surface area contributed by atoms with Gasteiger partial charge in [-0.1, -0.05) is 11.3 Å². The number of hydrogen-bond acceptors (Lipinski definition) is 7. The molecule has 2 heterocycles. The summed E-state index contributed by atoms with van der Waals surface area (Å²) in [4.78, 5) is 27.3. The van der Waals surface area contributed by atoms with Crippen molar-refractivity contribution in [3.63, 3.8) is 0 Å². The van der Waals surface area contributed by atoms with Gasteiger partial charge in [-0.05, 0) is 37.1 Å². The Balaban J connectivity index is 1.72. The van der Waals surface area contributed by atoms with Gasteiger partial charge < -0.3 is 9.47 Å². The van der Waals surface area contributed by atoms with Crippen LogP contribution in [-0.4, -0.2) is 38.1 Å². The predicted octanol–water partition coefficient (Wildman–Crippen LogP) is 2.82. The normalized spacial score (nSPS) is 20.7. The molecule has 1 fully saturated rings. The SMILES string of the molecule is COc1cc(OC)cc(N2N=N[C@@H]3C(=O)N(c4cc(C)cc(C)c4)C(=O)[C@H]32)c1. The number of carbonyl (C=O) groups excluding carboxylic acids is 2. The zero-order chi connectivity index (χ0) is 20.0. The van der Waals surface area contributed by atoms with Crippen molar-refractivity contribution in [3.05, 3.63) is 47.5 Å². The average Bonchev–Trinajstić information content (AvgIpc) is 3.21. The molecular weight excluding hydrogens is 360 g/mol. The molecule has 2 aliphatic rings. The van der Waals surface area contributed by atoms with E-state index < -0.39 is 12.1 Å². The Morgan fingerprint density at radius 2 is 1.43 bits per heavy atom. The predicted molar refractivity (Wildman–Crippen MR) is 103 cm³/mol. The van der Waals surface area contributed by atoms with E-state index in [4.69, 9.17) is 9.47 Å². The third-order valence-electron chi connectivity index (χ3n) is 4.85. The molecule has 0 aliphatic carbocycles. The molecule has 8 heteroatoms. The number of amides is 2. The quantitative estimate of drug-likeness (QED) is 0.762. The van der Waals surface area contributed by atoms with Crippen LogP contribution in [0.15, 0.2) is 46.7 Å². The molecule has 2 amide bonds. The molecule has 2 atom stereocenters. The van der Waals surface area contributed by atoms with Crippen molar-refractivity contribution in [1.29, 1.82) is 0 Å². The minimum absolute atomic E-state index is 0.355. The highest BCUT2D eigenvalue weighted by Crippen LogP contribution is 2.38. The Kier molecular flexibility index (Phi) is 4.26. The highest BCUT2D eigenvalue weighted by molar-refractivity contribution is 6.26. The van der Waals surface area contributed by atoms with Crippen LogP contribution >= 0.6 is 0 Å². The molecule has 0 aromatic heterocycles. The molecule has 1 saturated heterocycles. The molecular formula is C20H20N4O4. The molecule has 2 aromatic carbocycles. The van der Waals surface area contributed by atoms with Gasteiger partial charge >= 0.3 is 0 Å². The van der Waals surface area contributed by atoms with Gasteiger partial charge in [0.25, 0.3) is 11.8 Å². The molecule has 4 rings (SSSR count). The lowest BCUT2D eigenvalue weighted by Crippen LogP contribution is -2.40. The van der Waals surface area contributed by atoms with Crippen molar-refractivity contribution in [2.45, 2.75) is 25.9 Å². The van der Waals surface area contributed by atoms with E-state index in [1.165, 1.54) is 9.91 Å². The van der Waals surface area contributed by atoms with E-state index >= 15 is 0 Å². The number of fused-ring (bicyclic) bond motifs is 1. The number of hydrogen-bond donors (Lipinski definition) is 0. The third kappa shape index (κ3) is 2.77. The fourth-order valence-corrected chi connectivity index (χ4v) is 3.63. The first-order valence-electron chi connectivity index (χ1n) is 8.82. The van der Waals surface area contributed by atoms with Gasteiger partial charge in [-0.3, -0.25) is 9.59 Å². The maximum Gasteiger partial charge on any atom is 0.263 e.